The van der Waals surface area contributed by atoms with Gasteiger partial charge in [-0.1, -0.05) is 26.0 Å². The van der Waals surface area contributed by atoms with Crippen molar-refractivity contribution in [3.8, 4) is 0 Å². The van der Waals surface area contributed by atoms with Crippen LogP contribution in [0.4, 0.5) is 5.69 Å². The summed E-state index contributed by atoms with van der Waals surface area (Å²) in [5, 5.41) is 0. The highest BCUT2D eigenvalue weighted by Gasteiger charge is 2.49. The molecule has 0 saturated carbocycles. The van der Waals surface area contributed by atoms with Gasteiger partial charge >= 0.3 is 0 Å². The number of amides is 2. The van der Waals surface area contributed by atoms with E-state index in [1.54, 1.807) is 12.1 Å². The second kappa shape index (κ2) is 4.68. The van der Waals surface area contributed by atoms with Gasteiger partial charge in [0, 0.05) is 12.1 Å². The molecule has 4 nitrogen and oxygen atoms in total. The zero-order chi connectivity index (χ0) is 14.2. The van der Waals surface area contributed by atoms with Crippen LogP contribution in [0, 0.1) is 11.3 Å². The lowest BCUT2D eigenvalue weighted by molar-refractivity contribution is -0.142. The van der Waals surface area contributed by atoms with Crippen molar-refractivity contribution in [3.63, 3.8) is 0 Å². The van der Waals surface area contributed by atoms with Crippen LogP contribution in [0.25, 0.3) is 0 Å². The maximum absolute atomic E-state index is 12.4. The Morgan fingerprint density at radius 3 is 2.58 bits per heavy atom. The molecule has 0 spiro atoms. The molecule has 1 saturated heterocycles. The number of likely N-dealkylation sites (tertiary alicyclic amines) is 1. The molecule has 0 bridgehead atoms. The highest BCUT2D eigenvalue weighted by atomic mass is 16.2. The Labute approximate surface area is 113 Å². The molecule has 1 aromatic carbocycles. The van der Waals surface area contributed by atoms with E-state index in [9.17, 15) is 9.59 Å². The maximum atomic E-state index is 12.4. The third-order valence-electron chi connectivity index (χ3n) is 4.12. The van der Waals surface area contributed by atoms with Crippen LogP contribution < -0.4 is 5.73 Å². The summed E-state index contributed by atoms with van der Waals surface area (Å²) in [4.78, 5) is 25.9. The van der Waals surface area contributed by atoms with Crippen LogP contribution in [-0.2, 0) is 16.1 Å². The van der Waals surface area contributed by atoms with E-state index in [1.807, 2.05) is 32.9 Å². The van der Waals surface area contributed by atoms with Crippen LogP contribution >= 0.6 is 0 Å². The molecule has 4 heteroatoms. The fourth-order valence-electron chi connectivity index (χ4n) is 2.39. The number of hydrogen-bond acceptors (Lipinski definition) is 3. The standard InChI is InChI=1S/C15H20N2O2/c1-10(2)15(3)8-13(18)17(14(15)19)9-11-5-4-6-12(16)7-11/h4-7,10H,8-9,16H2,1-3H3. The van der Waals surface area contributed by atoms with E-state index in [4.69, 9.17) is 5.73 Å². The van der Waals surface area contributed by atoms with Crippen molar-refractivity contribution in [2.24, 2.45) is 11.3 Å². The van der Waals surface area contributed by atoms with Crippen LogP contribution in [-0.4, -0.2) is 16.7 Å². The largest absolute Gasteiger partial charge is 0.399 e. The molecule has 0 aromatic heterocycles. The Kier molecular flexibility index (Phi) is 3.35. The Balaban J connectivity index is 2.22. The van der Waals surface area contributed by atoms with Crippen LogP contribution in [0.2, 0.25) is 0 Å². The summed E-state index contributed by atoms with van der Waals surface area (Å²) in [5.41, 5.74) is 6.67. The van der Waals surface area contributed by atoms with Crippen molar-refractivity contribution >= 4 is 17.5 Å². The number of imide groups is 1. The molecule has 0 radical (unpaired) electrons. The molecule has 1 unspecified atom stereocenters. The molecule has 2 amide bonds. The van der Waals surface area contributed by atoms with Crippen molar-refractivity contribution in [3.05, 3.63) is 29.8 Å². The topological polar surface area (TPSA) is 63.4 Å². The molecule has 1 heterocycles. The first-order valence-corrected chi connectivity index (χ1v) is 6.54. The molecular weight excluding hydrogens is 240 g/mol. The van der Waals surface area contributed by atoms with E-state index in [2.05, 4.69) is 0 Å². The van der Waals surface area contributed by atoms with E-state index < -0.39 is 5.41 Å². The number of carbonyl (C=O) groups is 2. The monoisotopic (exact) mass is 260 g/mol. The van der Waals surface area contributed by atoms with Crippen molar-refractivity contribution in [1.82, 2.24) is 4.90 Å². The minimum absolute atomic E-state index is 0.0741. The zero-order valence-corrected chi connectivity index (χ0v) is 11.6. The molecule has 2 N–H and O–H groups in total. The molecule has 2 rings (SSSR count). The second-order valence-corrected chi connectivity index (χ2v) is 5.78. The van der Waals surface area contributed by atoms with Gasteiger partial charge in [-0.05, 0) is 30.5 Å². The van der Waals surface area contributed by atoms with Gasteiger partial charge in [-0.2, -0.15) is 0 Å². The van der Waals surface area contributed by atoms with Gasteiger partial charge in [-0.3, -0.25) is 14.5 Å². The molecule has 1 aliphatic heterocycles. The Hall–Kier alpha value is -1.84. The Morgan fingerprint density at radius 1 is 1.37 bits per heavy atom. The summed E-state index contributed by atoms with van der Waals surface area (Å²) in [6, 6.07) is 7.29. The highest BCUT2D eigenvalue weighted by molar-refractivity contribution is 6.05. The lowest BCUT2D eigenvalue weighted by atomic mass is 9.78. The van der Waals surface area contributed by atoms with Gasteiger partial charge in [0.25, 0.3) is 0 Å². The van der Waals surface area contributed by atoms with Gasteiger partial charge in [0.1, 0.15) is 0 Å². The van der Waals surface area contributed by atoms with Crippen LogP contribution in [0.1, 0.15) is 32.8 Å². The number of nitrogens with zero attached hydrogens (tertiary/aromatic N) is 1. The first kappa shape index (κ1) is 13.6. The third-order valence-corrected chi connectivity index (χ3v) is 4.12. The number of nitrogen functional groups attached to an aromatic ring is 1. The summed E-state index contributed by atoms with van der Waals surface area (Å²) in [6.45, 7) is 6.15. The van der Waals surface area contributed by atoms with Gasteiger partial charge < -0.3 is 5.73 Å². The van der Waals surface area contributed by atoms with Crippen LogP contribution in [0.15, 0.2) is 24.3 Å². The van der Waals surface area contributed by atoms with Gasteiger partial charge in [-0.15, -0.1) is 0 Å². The van der Waals surface area contributed by atoms with Crippen molar-refractivity contribution in [2.75, 3.05) is 5.73 Å². The minimum atomic E-state index is -0.572. The molecule has 1 fully saturated rings. The number of rotatable bonds is 3. The third kappa shape index (κ3) is 2.35. The lowest BCUT2D eigenvalue weighted by Gasteiger charge is -2.26. The van der Waals surface area contributed by atoms with Gasteiger partial charge in [0.05, 0.1) is 12.0 Å². The number of benzene rings is 1. The first-order valence-electron chi connectivity index (χ1n) is 6.54. The van der Waals surface area contributed by atoms with Crippen molar-refractivity contribution in [2.45, 2.75) is 33.7 Å². The van der Waals surface area contributed by atoms with Crippen molar-refractivity contribution < 1.29 is 9.59 Å². The quantitative estimate of drug-likeness (QED) is 0.669. The molecule has 1 aromatic rings. The predicted molar refractivity (Wildman–Crippen MR) is 74.0 cm³/mol. The molecule has 102 valence electrons. The average Bonchev–Trinajstić information content (AvgIpc) is 2.54. The van der Waals surface area contributed by atoms with Crippen LogP contribution in [0.3, 0.4) is 0 Å². The summed E-state index contributed by atoms with van der Waals surface area (Å²) in [7, 11) is 0. The second-order valence-electron chi connectivity index (χ2n) is 5.78. The maximum Gasteiger partial charge on any atom is 0.236 e. The number of nitrogens with two attached hydrogens (primary N) is 1. The molecular formula is C15H20N2O2. The average molecular weight is 260 g/mol. The normalized spacial score (nSPS) is 23.5. The SMILES string of the molecule is CC(C)C1(C)CC(=O)N(Cc2cccc(N)c2)C1=O. The van der Waals surface area contributed by atoms with Crippen molar-refractivity contribution in [1.29, 1.82) is 0 Å². The molecule has 0 aliphatic carbocycles. The molecule has 1 aliphatic rings. The molecule has 19 heavy (non-hydrogen) atoms. The Morgan fingerprint density at radius 2 is 2.05 bits per heavy atom. The van der Waals surface area contributed by atoms with Gasteiger partial charge in [-0.25, -0.2) is 0 Å². The van der Waals surface area contributed by atoms with E-state index in [1.165, 1.54) is 4.90 Å². The van der Waals surface area contributed by atoms with Crippen LogP contribution in [0.5, 0.6) is 0 Å². The van der Waals surface area contributed by atoms with Gasteiger partial charge in [0.2, 0.25) is 11.8 Å². The smallest absolute Gasteiger partial charge is 0.236 e. The number of hydrogen-bond donors (Lipinski definition) is 1. The highest BCUT2D eigenvalue weighted by Crippen LogP contribution is 2.39. The van der Waals surface area contributed by atoms with E-state index >= 15 is 0 Å². The minimum Gasteiger partial charge on any atom is -0.399 e. The number of carbonyl (C=O) groups excluding carboxylic acids is 2. The van der Waals surface area contributed by atoms with E-state index in [0.717, 1.165) is 5.56 Å². The summed E-state index contributed by atoms with van der Waals surface area (Å²) < 4.78 is 0. The zero-order valence-electron chi connectivity index (χ0n) is 11.6. The first-order chi connectivity index (χ1) is 8.84. The lowest BCUT2D eigenvalue weighted by Crippen LogP contribution is -2.36. The van der Waals surface area contributed by atoms with E-state index in [-0.39, 0.29) is 17.7 Å². The fraction of sp³-hybridized carbons (Fsp3) is 0.467. The number of anilines is 1. The van der Waals surface area contributed by atoms with Gasteiger partial charge in [0.15, 0.2) is 0 Å². The Bertz CT molecular complexity index is 525. The predicted octanol–water partition coefficient (Wildman–Crippen LogP) is 2.19. The fourth-order valence-corrected chi connectivity index (χ4v) is 2.39. The molecule has 1 atom stereocenters. The van der Waals surface area contributed by atoms with E-state index in [0.29, 0.717) is 18.7 Å². The summed E-state index contributed by atoms with van der Waals surface area (Å²) in [5.74, 6) is -0.0201. The summed E-state index contributed by atoms with van der Waals surface area (Å²) >= 11 is 0. The summed E-state index contributed by atoms with van der Waals surface area (Å²) in [6.07, 6.45) is 0.297.